The van der Waals surface area contributed by atoms with E-state index in [4.69, 9.17) is 19.5 Å². The molecule has 1 aromatic rings. The number of nitrogens with zero attached hydrogens (tertiary/aromatic N) is 4. The highest BCUT2D eigenvalue weighted by atomic mass is 31.2. The van der Waals surface area contributed by atoms with Gasteiger partial charge in [-0.25, -0.2) is 4.57 Å². The number of carbonyl (C=O) groups excluding carboxylic acids is 4. The predicted octanol–water partition coefficient (Wildman–Crippen LogP) is 4.90. The molecule has 1 aromatic carbocycles. The standard InChI is InChI=1S/C37H62N7O8P/c1-7-11-13-17-33(46)43-31(27-29-18-20-30(21-19-29)50-53(49,51-40-9-3)52-41-10-4)36(48)44(37(43)22-25-42(6)26-23-37)34(28(5)8-2)35(47)39-24-15-12-14-16-32(38)45/h9,18-21,28,31,34,41H,7-8,10-17,22-27H2,1-6H3,(H2,38,45)(H,39,47). The van der Waals surface area contributed by atoms with Crippen LogP contribution in [0.4, 0.5) is 0 Å². The molecule has 0 aliphatic carbocycles. The molecule has 3 rings (SSSR count). The zero-order valence-electron chi connectivity index (χ0n) is 32.5. The molecule has 16 heteroatoms. The van der Waals surface area contributed by atoms with Crippen molar-refractivity contribution in [2.75, 3.05) is 33.2 Å². The number of amides is 4. The van der Waals surface area contributed by atoms with E-state index in [1.807, 2.05) is 25.8 Å². The van der Waals surface area contributed by atoms with Crippen LogP contribution < -0.4 is 21.1 Å². The van der Waals surface area contributed by atoms with E-state index in [1.165, 1.54) is 6.21 Å². The van der Waals surface area contributed by atoms with Gasteiger partial charge in [-0.15, -0.1) is 0 Å². The van der Waals surface area contributed by atoms with E-state index in [-0.39, 0.29) is 41.7 Å². The molecule has 4 unspecified atom stereocenters. The third-order valence-electron chi connectivity index (χ3n) is 10.1. The summed E-state index contributed by atoms with van der Waals surface area (Å²) >= 11 is 0. The van der Waals surface area contributed by atoms with Gasteiger partial charge in [0.05, 0.1) is 0 Å². The van der Waals surface area contributed by atoms with Gasteiger partial charge in [0.2, 0.25) is 23.6 Å². The number of oxime groups is 1. The highest BCUT2D eigenvalue weighted by Crippen LogP contribution is 2.49. The number of nitrogens with one attached hydrogen (secondary N) is 2. The number of hydrogen-bond donors (Lipinski definition) is 3. The summed E-state index contributed by atoms with van der Waals surface area (Å²) in [5.74, 6) is -0.894. The van der Waals surface area contributed by atoms with Gasteiger partial charge in [0, 0.05) is 64.5 Å². The van der Waals surface area contributed by atoms with Gasteiger partial charge in [0.1, 0.15) is 23.5 Å². The Morgan fingerprint density at radius 2 is 1.74 bits per heavy atom. The maximum atomic E-state index is 15.0. The van der Waals surface area contributed by atoms with E-state index in [2.05, 4.69) is 27.8 Å². The molecule has 0 radical (unpaired) electrons. The monoisotopic (exact) mass is 763 g/mol. The number of nitrogens with two attached hydrogens (primary N) is 1. The van der Waals surface area contributed by atoms with E-state index >= 15 is 0 Å². The van der Waals surface area contributed by atoms with Crippen LogP contribution in [-0.4, -0.2) is 95.5 Å². The average Bonchev–Trinajstić information content (AvgIpc) is 3.36. The van der Waals surface area contributed by atoms with Crippen molar-refractivity contribution in [3.63, 3.8) is 0 Å². The normalized spacial score (nSPS) is 19.7. The van der Waals surface area contributed by atoms with Crippen LogP contribution in [0.2, 0.25) is 0 Å². The summed E-state index contributed by atoms with van der Waals surface area (Å²) < 4.78 is 28.8. The first-order valence-corrected chi connectivity index (χ1v) is 20.7. The number of piperidine rings is 1. The summed E-state index contributed by atoms with van der Waals surface area (Å²) in [5, 5.41) is 6.65. The first-order valence-electron chi connectivity index (χ1n) is 19.2. The molecule has 1 spiro atoms. The van der Waals surface area contributed by atoms with Gasteiger partial charge >= 0.3 is 7.82 Å². The fourth-order valence-corrected chi connectivity index (χ4v) is 8.06. The van der Waals surface area contributed by atoms with Crippen molar-refractivity contribution in [1.82, 2.24) is 25.5 Å². The van der Waals surface area contributed by atoms with Crippen molar-refractivity contribution < 1.29 is 37.5 Å². The van der Waals surface area contributed by atoms with Gasteiger partial charge in [-0.1, -0.05) is 70.7 Å². The third kappa shape index (κ3) is 12.0. The fourth-order valence-electron chi connectivity index (χ4n) is 7.08. The lowest BCUT2D eigenvalue weighted by atomic mass is 9.88. The molecule has 0 saturated carbocycles. The summed E-state index contributed by atoms with van der Waals surface area (Å²) in [6.07, 6.45) is 8.44. The lowest BCUT2D eigenvalue weighted by Crippen LogP contribution is -2.66. The zero-order valence-corrected chi connectivity index (χ0v) is 33.4. The molecule has 2 saturated heterocycles. The van der Waals surface area contributed by atoms with Crippen LogP contribution in [0, 0.1) is 5.92 Å². The number of hydroxylamine groups is 1. The van der Waals surface area contributed by atoms with Crippen LogP contribution in [0.15, 0.2) is 29.4 Å². The molecule has 2 aliphatic rings. The SMILES string of the molecule is CC=NOP(=O)(ONCC)Oc1ccc(CC2C(=O)N(C(C(=O)NCCCCCC(N)=O)C(C)CC)C3(CCN(C)CC3)N2C(=O)CCCCC)cc1. The average molecular weight is 764 g/mol. The second-order valence-corrected chi connectivity index (χ2v) is 15.5. The summed E-state index contributed by atoms with van der Waals surface area (Å²) in [7, 11) is -2.11. The second kappa shape index (κ2) is 21.4. The van der Waals surface area contributed by atoms with Gasteiger partial charge in [0.25, 0.3) is 0 Å². The maximum absolute atomic E-state index is 15.0. The van der Waals surface area contributed by atoms with Crippen LogP contribution in [0.1, 0.15) is 111 Å². The number of primary amides is 1. The molecule has 15 nitrogen and oxygen atoms in total. The molecular formula is C37H62N7O8P. The highest BCUT2D eigenvalue weighted by Gasteiger charge is 2.62. The van der Waals surface area contributed by atoms with Crippen molar-refractivity contribution >= 4 is 37.7 Å². The van der Waals surface area contributed by atoms with Crippen LogP contribution in [-0.2, 0) is 39.4 Å². The summed E-state index contributed by atoms with van der Waals surface area (Å²) in [4.78, 5) is 60.5. The first-order chi connectivity index (χ1) is 25.4. The topological polar surface area (TPSA) is 185 Å². The van der Waals surface area contributed by atoms with Crippen molar-refractivity contribution in [3.05, 3.63) is 29.8 Å². The van der Waals surface area contributed by atoms with Crippen LogP contribution in [0.5, 0.6) is 5.75 Å². The molecule has 298 valence electrons. The molecule has 2 heterocycles. The van der Waals surface area contributed by atoms with E-state index in [0.29, 0.717) is 77.5 Å². The second-order valence-electron chi connectivity index (χ2n) is 14.0. The molecular weight excluding hydrogens is 701 g/mol. The van der Waals surface area contributed by atoms with Crippen molar-refractivity contribution in [2.24, 2.45) is 16.8 Å². The van der Waals surface area contributed by atoms with E-state index in [9.17, 15) is 23.7 Å². The van der Waals surface area contributed by atoms with Gasteiger partial charge in [0.15, 0.2) is 0 Å². The van der Waals surface area contributed by atoms with E-state index < -0.39 is 25.6 Å². The Balaban J connectivity index is 2.00. The lowest BCUT2D eigenvalue weighted by Gasteiger charge is -2.51. The number of likely N-dealkylation sites (tertiary alicyclic amines) is 1. The fraction of sp³-hybridized carbons (Fsp3) is 0.703. The molecule has 2 aliphatic heterocycles. The van der Waals surface area contributed by atoms with E-state index in [1.54, 1.807) is 43.0 Å². The van der Waals surface area contributed by atoms with Crippen LogP contribution in [0.25, 0.3) is 0 Å². The maximum Gasteiger partial charge on any atom is 0.625 e. The number of hydrogen-bond acceptors (Lipinski definition) is 11. The smallest absolute Gasteiger partial charge is 0.393 e. The summed E-state index contributed by atoms with van der Waals surface area (Å²) in [5.41, 5.74) is 7.55. The predicted molar refractivity (Wildman–Crippen MR) is 203 cm³/mol. The Kier molecular flexibility index (Phi) is 17.7. The minimum atomic E-state index is -4.14. The Morgan fingerprint density at radius 3 is 2.34 bits per heavy atom. The van der Waals surface area contributed by atoms with Crippen LogP contribution in [0.3, 0.4) is 0 Å². The van der Waals surface area contributed by atoms with Gasteiger partial charge in [-0.05, 0) is 56.8 Å². The minimum Gasteiger partial charge on any atom is -0.393 e. The third-order valence-corrected chi connectivity index (χ3v) is 11.1. The summed E-state index contributed by atoms with van der Waals surface area (Å²) in [6.45, 7) is 11.5. The van der Waals surface area contributed by atoms with Gasteiger partial charge in [-0.3, -0.25) is 23.8 Å². The molecule has 2 fully saturated rings. The minimum absolute atomic E-state index is 0.0864. The van der Waals surface area contributed by atoms with Crippen molar-refractivity contribution in [1.29, 1.82) is 0 Å². The first kappa shape index (κ1) is 43.9. The molecule has 4 atom stereocenters. The van der Waals surface area contributed by atoms with Crippen LogP contribution >= 0.6 is 7.82 Å². The highest BCUT2D eigenvalue weighted by molar-refractivity contribution is 7.48. The molecule has 0 aromatic heterocycles. The molecule has 53 heavy (non-hydrogen) atoms. The Bertz CT molecular complexity index is 1420. The zero-order chi connectivity index (χ0) is 39.0. The Morgan fingerprint density at radius 1 is 1.06 bits per heavy atom. The van der Waals surface area contributed by atoms with E-state index in [0.717, 1.165) is 24.8 Å². The number of benzene rings is 1. The van der Waals surface area contributed by atoms with Crippen molar-refractivity contribution in [2.45, 2.75) is 129 Å². The molecule has 0 bridgehead atoms. The number of unbranched alkanes of at least 4 members (excludes halogenated alkanes) is 4. The molecule has 4 amide bonds. The Labute approximate surface area is 315 Å². The Hall–Kier alpha value is -3.52. The van der Waals surface area contributed by atoms with Gasteiger partial charge in [-0.2, -0.15) is 10.1 Å². The molecule has 4 N–H and O–H groups in total. The summed E-state index contributed by atoms with van der Waals surface area (Å²) in [6, 6.07) is 5.09. The largest absolute Gasteiger partial charge is 0.625 e. The number of rotatable bonds is 23. The quantitative estimate of drug-likeness (QED) is 0.0600. The van der Waals surface area contributed by atoms with Crippen molar-refractivity contribution in [3.8, 4) is 5.75 Å². The lowest BCUT2D eigenvalue weighted by molar-refractivity contribution is -0.156. The van der Waals surface area contributed by atoms with Gasteiger partial charge < -0.3 is 30.3 Å². The number of carbonyl (C=O) groups is 4. The number of phosphoric acid groups is 1.